The van der Waals surface area contributed by atoms with Crippen molar-refractivity contribution in [1.82, 2.24) is 0 Å². The Hall–Kier alpha value is -0.440. The van der Waals surface area contributed by atoms with Crippen molar-refractivity contribution in [1.29, 1.82) is 0 Å². The van der Waals surface area contributed by atoms with Crippen molar-refractivity contribution in [3.05, 3.63) is 28.8 Å². The average molecular weight is 221 g/mol. The lowest BCUT2D eigenvalue weighted by molar-refractivity contribution is 0.197. The zero-order valence-electron chi connectivity index (χ0n) is 7.13. The largest absolute Gasteiger partial charge is 0.496 e. The number of benzene rings is 1. The first-order valence-corrected chi connectivity index (χ1v) is 4.68. The number of hydrogen-bond donors (Lipinski definition) is 1. The zero-order chi connectivity index (χ0) is 9.84. The fourth-order valence-corrected chi connectivity index (χ4v) is 1.54. The molecule has 2 nitrogen and oxygen atoms in total. The van der Waals surface area contributed by atoms with Crippen LogP contribution >= 0.6 is 23.2 Å². The number of aliphatic hydroxyl groups excluding tert-OH is 1. The molecule has 1 rings (SSSR count). The fourth-order valence-electron chi connectivity index (χ4n) is 1.10. The highest BCUT2D eigenvalue weighted by Gasteiger charge is 2.15. The Balaban J connectivity index is 3.14. The number of alkyl halides is 1. The van der Waals surface area contributed by atoms with Gasteiger partial charge in [-0.15, -0.1) is 11.6 Å². The molecule has 0 unspecified atom stereocenters. The molecule has 0 heterocycles. The molecule has 0 saturated carbocycles. The summed E-state index contributed by atoms with van der Waals surface area (Å²) in [6.07, 6.45) is -0.787. The normalized spacial score (nSPS) is 12.6. The minimum absolute atomic E-state index is 0.0973. The standard InChI is InChI=1S/C9H10Cl2O2/c1-13-8-4-2-3-6(11)9(8)7(12)5-10/h2-4,7,12H,5H2,1H3/t7-/m1/s1. The van der Waals surface area contributed by atoms with Crippen LogP contribution in [0.5, 0.6) is 5.75 Å². The lowest BCUT2D eigenvalue weighted by Gasteiger charge is -2.13. The van der Waals surface area contributed by atoms with Gasteiger partial charge in [-0.3, -0.25) is 0 Å². The first-order valence-electron chi connectivity index (χ1n) is 3.77. The van der Waals surface area contributed by atoms with E-state index in [0.29, 0.717) is 16.3 Å². The van der Waals surface area contributed by atoms with Crippen LogP contribution in [0.1, 0.15) is 11.7 Å². The van der Waals surface area contributed by atoms with Crippen molar-refractivity contribution in [2.24, 2.45) is 0 Å². The molecule has 0 saturated heterocycles. The molecule has 0 fully saturated rings. The highest BCUT2D eigenvalue weighted by atomic mass is 35.5. The van der Waals surface area contributed by atoms with E-state index in [9.17, 15) is 5.11 Å². The van der Waals surface area contributed by atoms with E-state index in [-0.39, 0.29) is 5.88 Å². The molecule has 4 heteroatoms. The Labute approximate surface area is 87.0 Å². The highest BCUT2D eigenvalue weighted by Crippen LogP contribution is 2.32. The van der Waals surface area contributed by atoms with Gasteiger partial charge in [-0.05, 0) is 12.1 Å². The van der Waals surface area contributed by atoms with Crippen molar-refractivity contribution in [3.8, 4) is 5.75 Å². The van der Waals surface area contributed by atoms with E-state index in [1.807, 2.05) is 0 Å². The first kappa shape index (κ1) is 10.6. The third kappa shape index (κ3) is 2.27. The van der Waals surface area contributed by atoms with Gasteiger partial charge in [0.2, 0.25) is 0 Å². The van der Waals surface area contributed by atoms with Crippen molar-refractivity contribution < 1.29 is 9.84 Å². The summed E-state index contributed by atoms with van der Waals surface area (Å²) < 4.78 is 5.05. The minimum Gasteiger partial charge on any atom is -0.496 e. The smallest absolute Gasteiger partial charge is 0.126 e. The number of aliphatic hydroxyl groups is 1. The van der Waals surface area contributed by atoms with E-state index in [1.165, 1.54) is 7.11 Å². The van der Waals surface area contributed by atoms with Crippen LogP contribution < -0.4 is 4.74 Å². The lowest BCUT2D eigenvalue weighted by atomic mass is 10.1. The van der Waals surface area contributed by atoms with E-state index >= 15 is 0 Å². The van der Waals surface area contributed by atoms with Gasteiger partial charge in [-0.2, -0.15) is 0 Å². The number of halogens is 2. The molecule has 0 aliphatic carbocycles. The van der Waals surface area contributed by atoms with Crippen LogP contribution in [-0.2, 0) is 0 Å². The molecule has 0 aliphatic heterocycles. The van der Waals surface area contributed by atoms with Gasteiger partial charge in [0.05, 0.1) is 24.1 Å². The van der Waals surface area contributed by atoms with Crippen LogP contribution in [0.3, 0.4) is 0 Å². The van der Waals surface area contributed by atoms with Crippen LogP contribution in [0, 0.1) is 0 Å². The SMILES string of the molecule is COc1cccc(Cl)c1[C@H](O)CCl. The molecule has 0 radical (unpaired) electrons. The lowest BCUT2D eigenvalue weighted by Crippen LogP contribution is -2.02. The summed E-state index contributed by atoms with van der Waals surface area (Å²) in [5, 5.41) is 9.99. The second-order valence-electron chi connectivity index (χ2n) is 2.53. The average Bonchev–Trinajstić information content (AvgIpc) is 2.16. The molecule has 0 aromatic heterocycles. The Morgan fingerprint density at radius 3 is 2.77 bits per heavy atom. The molecule has 1 atom stereocenters. The van der Waals surface area contributed by atoms with E-state index in [0.717, 1.165) is 0 Å². The maximum absolute atomic E-state index is 9.53. The minimum atomic E-state index is -0.787. The molecular formula is C9H10Cl2O2. The summed E-state index contributed by atoms with van der Waals surface area (Å²) >= 11 is 11.4. The van der Waals surface area contributed by atoms with Crippen molar-refractivity contribution in [2.45, 2.75) is 6.10 Å². The second-order valence-corrected chi connectivity index (χ2v) is 3.24. The predicted octanol–water partition coefficient (Wildman–Crippen LogP) is 2.62. The van der Waals surface area contributed by atoms with Crippen molar-refractivity contribution in [3.63, 3.8) is 0 Å². The molecule has 13 heavy (non-hydrogen) atoms. The Bertz CT molecular complexity index is 289. The summed E-state index contributed by atoms with van der Waals surface area (Å²) in [4.78, 5) is 0. The molecule has 1 N–H and O–H groups in total. The number of ether oxygens (including phenoxy) is 1. The van der Waals surface area contributed by atoms with Gasteiger partial charge in [0.1, 0.15) is 5.75 Å². The molecule has 0 bridgehead atoms. The number of rotatable bonds is 3. The third-order valence-electron chi connectivity index (χ3n) is 1.71. The maximum atomic E-state index is 9.53. The number of hydrogen-bond acceptors (Lipinski definition) is 2. The second kappa shape index (κ2) is 4.70. The van der Waals surface area contributed by atoms with Crippen molar-refractivity contribution in [2.75, 3.05) is 13.0 Å². The Morgan fingerprint density at radius 2 is 2.23 bits per heavy atom. The third-order valence-corrected chi connectivity index (χ3v) is 2.33. The summed E-state index contributed by atoms with van der Waals surface area (Å²) in [6.45, 7) is 0. The fraction of sp³-hybridized carbons (Fsp3) is 0.333. The van der Waals surface area contributed by atoms with Gasteiger partial charge in [0.25, 0.3) is 0 Å². The summed E-state index contributed by atoms with van der Waals surface area (Å²) in [5.41, 5.74) is 0.543. The zero-order valence-corrected chi connectivity index (χ0v) is 8.64. The Morgan fingerprint density at radius 1 is 1.54 bits per heavy atom. The van der Waals surface area contributed by atoms with Crippen LogP contribution in [0.4, 0.5) is 0 Å². The van der Waals surface area contributed by atoms with Crippen LogP contribution in [0.2, 0.25) is 5.02 Å². The van der Waals surface area contributed by atoms with Gasteiger partial charge in [0.15, 0.2) is 0 Å². The monoisotopic (exact) mass is 220 g/mol. The highest BCUT2D eigenvalue weighted by molar-refractivity contribution is 6.31. The van der Waals surface area contributed by atoms with Crippen LogP contribution in [0.15, 0.2) is 18.2 Å². The molecular weight excluding hydrogens is 211 g/mol. The summed E-state index contributed by atoms with van der Waals surface area (Å²) in [7, 11) is 1.52. The maximum Gasteiger partial charge on any atom is 0.126 e. The quantitative estimate of drug-likeness (QED) is 0.795. The first-order chi connectivity index (χ1) is 6.20. The summed E-state index contributed by atoms with van der Waals surface area (Å²) in [5.74, 6) is 0.653. The molecule has 1 aromatic carbocycles. The van der Waals surface area contributed by atoms with Crippen molar-refractivity contribution >= 4 is 23.2 Å². The van der Waals surface area contributed by atoms with E-state index in [2.05, 4.69) is 0 Å². The van der Waals surface area contributed by atoms with Gasteiger partial charge >= 0.3 is 0 Å². The Kier molecular flexibility index (Phi) is 3.85. The number of methoxy groups -OCH3 is 1. The van der Waals surface area contributed by atoms with Gasteiger partial charge in [0, 0.05) is 5.56 Å². The van der Waals surface area contributed by atoms with Crippen LogP contribution in [-0.4, -0.2) is 18.1 Å². The van der Waals surface area contributed by atoms with Gasteiger partial charge in [-0.25, -0.2) is 0 Å². The molecule has 0 spiro atoms. The molecule has 1 aromatic rings. The van der Waals surface area contributed by atoms with E-state index in [1.54, 1.807) is 18.2 Å². The molecule has 0 amide bonds. The summed E-state index contributed by atoms with van der Waals surface area (Å²) in [6, 6.07) is 5.18. The van der Waals surface area contributed by atoms with E-state index < -0.39 is 6.10 Å². The topological polar surface area (TPSA) is 29.5 Å². The molecule has 72 valence electrons. The van der Waals surface area contributed by atoms with Gasteiger partial charge < -0.3 is 9.84 Å². The van der Waals surface area contributed by atoms with Crippen LogP contribution in [0.25, 0.3) is 0 Å². The van der Waals surface area contributed by atoms with Gasteiger partial charge in [-0.1, -0.05) is 17.7 Å². The van der Waals surface area contributed by atoms with E-state index in [4.69, 9.17) is 27.9 Å². The molecule has 0 aliphatic rings. The predicted molar refractivity (Wildman–Crippen MR) is 53.7 cm³/mol.